The Balaban J connectivity index is 1.81. The van der Waals surface area contributed by atoms with Crippen LogP contribution in [-0.4, -0.2) is 23.5 Å². The van der Waals surface area contributed by atoms with Gasteiger partial charge in [0.05, 0.1) is 22.9 Å². The molecule has 2 heterocycles. The van der Waals surface area contributed by atoms with E-state index in [1.807, 2.05) is 12.3 Å². The molecular formula is C19H16BrNO5S. The van der Waals surface area contributed by atoms with Crippen molar-refractivity contribution in [1.29, 1.82) is 0 Å². The monoisotopic (exact) mass is 449 g/mol. The summed E-state index contributed by atoms with van der Waals surface area (Å²) in [6, 6.07) is 5.34. The molecule has 1 aromatic carbocycles. The molecule has 140 valence electrons. The van der Waals surface area contributed by atoms with E-state index in [2.05, 4.69) is 20.9 Å². The molecule has 0 saturated heterocycles. The predicted molar refractivity (Wildman–Crippen MR) is 106 cm³/mol. The molecular weight excluding hydrogens is 434 g/mol. The van der Waals surface area contributed by atoms with E-state index in [4.69, 9.17) is 13.9 Å². The highest BCUT2D eigenvalue weighted by molar-refractivity contribution is 9.10. The van der Waals surface area contributed by atoms with Gasteiger partial charge in [-0.25, -0.2) is 14.6 Å². The van der Waals surface area contributed by atoms with Crippen LogP contribution >= 0.6 is 27.3 Å². The van der Waals surface area contributed by atoms with E-state index in [0.29, 0.717) is 22.2 Å². The highest BCUT2D eigenvalue weighted by Crippen LogP contribution is 2.30. The summed E-state index contributed by atoms with van der Waals surface area (Å²) in [4.78, 5) is 28.5. The quantitative estimate of drug-likeness (QED) is 0.393. The van der Waals surface area contributed by atoms with Gasteiger partial charge in [0.2, 0.25) is 5.76 Å². The van der Waals surface area contributed by atoms with Crippen LogP contribution in [0.2, 0.25) is 0 Å². The van der Waals surface area contributed by atoms with Gasteiger partial charge in [-0.1, -0.05) is 15.9 Å². The number of nitrogens with zero attached hydrogens (tertiary/aromatic N) is 1. The highest BCUT2D eigenvalue weighted by atomic mass is 79.9. The summed E-state index contributed by atoms with van der Waals surface area (Å²) in [7, 11) is 0. The van der Waals surface area contributed by atoms with E-state index >= 15 is 0 Å². The van der Waals surface area contributed by atoms with Crippen molar-refractivity contribution in [2.75, 3.05) is 6.61 Å². The van der Waals surface area contributed by atoms with Crippen molar-refractivity contribution in [2.24, 2.45) is 0 Å². The lowest BCUT2D eigenvalue weighted by molar-refractivity contribution is -0.138. The Morgan fingerprint density at radius 2 is 2.15 bits per heavy atom. The lowest BCUT2D eigenvalue weighted by Gasteiger charge is -2.04. The molecule has 0 aliphatic heterocycles. The van der Waals surface area contributed by atoms with E-state index in [1.54, 1.807) is 31.2 Å². The summed E-state index contributed by atoms with van der Waals surface area (Å²) >= 11 is 4.89. The second kappa shape index (κ2) is 8.49. The Morgan fingerprint density at radius 3 is 2.85 bits per heavy atom. The largest absolute Gasteiger partial charge is 0.460 e. The van der Waals surface area contributed by atoms with Crippen LogP contribution in [0.15, 0.2) is 38.5 Å². The molecule has 0 N–H and O–H groups in total. The molecule has 0 radical (unpaired) electrons. The summed E-state index contributed by atoms with van der Waals surface area (Å²) < 4.78 is 16.8. The van der Waals surface area contributed by atoms with Gasteiger partial charge < -0.3 is 13.9 Å². The fraction of sp³-hybridized carbons (Fsp3) is 0.211. The number of aromatic nitrogens is 1. The number of benzene rings is 1. The smallest absolute Gasteiger partial charge is 0.374 e. The summed E-state index contributed by atoms with van der Waals surface area (Å²) in [5.74, 6) is -1.10. The van der Waals surface area contributed by atoms with Crippen LogP contribution in [0.25, 0.3) is 17.0 Å². The lowest BCUT2D eigenvalue weighted by atomic mass is 10.1. The molecule has 0 aliphatic carbocycles. The van der Waals surface area contributed by atoms with Crippen molar-refractivity contribution in [3.05, 3.63) is 56.2 Å². The molecule has 0 amide bonds. The minimum absolute atomic E-state index is 0.0388. The maximum Gasteiger partial charge on any atom is 0.374 e. The van der Waals surface area contributed by atoms with Crippen molar-refractivity contribution < 1.29 is 23.5 Å². The van der Waals surface area contributed by atoms with E-state index in [0.717, 1.165) is 9.48 Å². The maximum atomic E-state index is 12.2. The third kappa shape index (κ3) is 4.64. The number of hydrogen-bond donors (Lipinski definition) is 0. The molecule has 0 bridgehead atoms. The number of carbonyl (C=O) groups is 2. The number of aryl methyl sites for hydroxylation is 1. The number of hydrogen-bond acceptors (Lipinski definition) is 7. The molecule has 0 aliphatic rings. The second-order valence-corrected chi connectivity index (χ2v) is 7.48. The zero-order valence-corrected chi connectivity index (χ0v) is 17.1. The average molecular weight is 450 g/mol. The first-order valence-corrected chi connectivity index (χ1v) is 9.80. The SMILES string of the molecule is CCOC(=O)c1oc2ccc(Br)cc2c1COC(=O)/C=C/c1csc(C)n1. The zero-order valence-electron chi connectivity index (χ0n) is 14.7. The molecule has 2 aromatic heterocycles. The lowest BCUT2D eigenvalue weighted by Crippen LogP contribution is -2.08. The minimum Gasteiger partial charge on any atom is -0.460 e. The predicted octanol–water partition coefficient (Wildman–Crippen LogP) is 4.89. The summed E-state index contributed by atoms with van der Waals surface area (Å²) in [5, 5.41) is 3.44. The van der Waals surface area contributed by atoms with Gasteiger partial charge in [0.25, 0.3) is 0 Å². The van der Waals surface area contributed by atoms with Crippen molar-refractivity contribution in [1.82, 2.24) is 4.98 Å². The summed E-state index contributed by atoms with van der Waals surface area (Å²) in [6.07, 6.45) is 2.89. The molecule has 8 heteroatoms. The number of carbonyl (C=O) groups excluding carboxylic acids is 2. The van der Waals surface area contributed by atoms with Crippen molar-refractivity contribution >= 4 is 56.3 Å². The normalized spacial score (nSPS) is 11.2. The standard InChI is InChI=1S/C19H16BrNO5S/c1-3-24-19(23)18-15(14-8-12(20)4-6-16(14)26-18)9-25-17(22)7-5-13-10-27-11(2)21-13/h4-8,10H,3,9H2,1-2H3/b7-5+. The van der Waals surface area contributed by atoms with Gasteiger partial charge in [-0.3, -0.25) is 0 Å². The van der Waals surface area contributed by atoms with E-state index < -0.39 is 11.9 Å². The van der Waals surface area contributed by atoms with E-state index in [-0.39, 0.29) is 19.0 Å². The Morgan fingerprint density at radius 1 is 1.33 bits per heavy atom. The average Bonchev–Trinajstić information content (AvgIpc) is 3.21. The molecule has 3 rings (SSSR count). The first kappa shape index (κ1) is 19.3. The number of thiazole rings is 1. The van der Waals surface area contributed by atoms with Gasteiger partial charge in [-0.05, 0) is 38.1 Å². The van der Waals surface area contributed by atoms with Gasteiger partial charge in [0.15, 0.2) is 0 Å². The molecule has 0 unspecified atom stereocenters. The Labute approximate surface area is 167 Å². The number of fused-ring (bicyclic) bond motifs is 1. The maximum absolute atomic E-state index is 12.2. The van der Waals surface area contributed by atoms with Crippen molar-refractivity contribution in [3.8, 4) is 0 Å². The van der Waals surface area contributed by atoms with Crippen LogP contribution in [0.4, 0.5) is 0 Å². The van der Waals surface area contributed by atoms with Crippen molar-refractivity contribution in [3.63, 3.8) is 0 Å². The van der Waals surface area contributed by atoms with Gasteiger partial charge in [0.1, 0.15) is 12.2 Å². The van der Waals surface area contributed by atoms with E-state index in [1.165, 1.54) is 17.4 Å². The van der Waals surface area contributed by atoms with Crippen molar-refractivity contribution in [2.45, 2.75) is 20.5 Å². The van der Waals surface area contributed by atoms with Crippen LogP contribution in [0.5, 0.6) is 0 Å². The Bertz CT molecular complexity index is 1020. The molecule has 0 saturated carbocycles. The second-order valence-electron chi connectivity index (χ2n) is 5.50. The van der Waals surface area contributed by atoms with Crippen LogP contribution in [0.3, 0.4) is 0 Å². The first-order valence-electron chi connectivity index (χ1n) is 8.13. The van der Waals surface area contributed by atoms with Crippen LogP contribution in [-0.2, 0) is 20.9 Å². The Kier molecular flexibility index (Phi) is 6.08. The molecule has 0 fully saturated rings. The number of furan rings is 1. The van der Waals surface area contributed by atoms with Gasteiger partial charge in [-0.2, -0.15) is 0 Å². The zero-order chi connectivity index (χ0) is 19.4. The third-order valence-corrected chi connectivity index (χ3v) is 4.88. The highest BCUT2D eigenvalue weighted by Gasteiger charge is 2.22. The van der Waals surface area contributed by atoms with Gasteiger partial charge >= 0.3 is 11.9 Å². The molecule has 27 heavy (non-hydrogen) atoms. The summed E-state index contributed by atoms with van der Waals surface area (Å²) in [5.41, 5.74) is 1.68. The summed E-state index contributed by atoms with van der Waals surface area (Å²) in [6.45, 7) is 3.70. The van der Waals surface area contributed by atoms with Crippen LogP contribution in [0, 0.1) is 6.92 Å². The molecule has 0 atom stereocenters. The fourth-order valence-corrected chi connectivity index (χ4v) is 3.37. The topological polar surface area (TPSA) is 78.6 Å². The molecule has 0 spiro atoms. The number of halogens is 1. The van der Waals surface area contributed by atoms with Gasteiger partial charge in [-0.15, -0.1) is 11.3 Å². The van der Waals surface area contributed by atoms with E-state index in [9.17, 15) is 9.59 Å². The van der Waals surface area contributed by atoms with Crippen LogP contribution < -0.4 is 0 Å². The van der Waals surface area contributed by atoms with Gasteiger partial charge in [0, 0.05) is 21.3 Å². The number of rotatable bonds is 6. The minimum atomic E-state index is -0.593. The number of ether oxygens (including phenoxy) is 2. The molecule has 6 nitrogen and oxygen atoms in total. The first-order chi connectivity index (χ1) is 13.0. The Hall–Kier alpha value is -2.45. The molecule has 3 aromatic rings. The van der Waals surface area contributed by atoms with Crippen LogP contribution in [0.1, 0.15) is 33.7 Å². The fourth-order valence-electron chi connectivity index (χ4n) is 2.43. The third-order valence-electron chi connectivity index (χ3n) is 3.60. The number of esters is 2.